The average molecular weight is 294 g/mol. The van der Waals surface area contributed by atoms with Gasteiger partial charge in [0.1, 0.15) is 5.82 Å². The number of halogens is 1. The number of aromatic amines is 1. The summed E-state index contributed by atoms with van der Waals surface area (Å²) < 4.78 is 26.3. The van der Waals surface area contributed by atoms with Gasteiger partial charge in [-0.05, 0) is 12.3 Å². The standard InChI is InChI=1S/C11H20ClN3O2S/c1-4-10-13-7-11(15-10)18(16,17)14-6-9(12)5-8(2)3/h7-9,14H,4-6H2,1-3H3,(H,13,15). The Morgan fingerprint density at radius 3 is 2.67 bits per heavy atom. The van der Waals surface area contributed by atoms with E-state index in [9.17, 15) is 8.42 Å². The number of nitrogens with one attached hydrogen (secondary N) is 2. The fraction of sp³-hybridized carbons (Fsp3) is 0.727. The van der Waals surface area contributed by atoms with Crippen LogP contribution in [0, 0.1) is 5.92 Å². The lowest BCUT2D eigenvalue weighted by Gasteiger charge is -2.12. The Kier molecular flexibility index (Phi) is 5.62. The molecular weight excluding hydrogens is 274 g/mol. The van der Waals surface area contributed by atoms with E-state index in [1.165, 1.54) is 6.20 Å². The molecular formula is C11H20ClN3O2S. The second-order valence-corrected chi connectivity index (χ2v) is 6.98. The van der Waals surface area contributed by atoms with Gasteiger partial charge in [-0.2, -0.15) is 0 Å². The molecule has 0 spiro atoms. The molecule has 0 aromatic carbocycles. The summed E-state index contributed by atoms with van der Waals surface area (Å²) in [4.78, 5) is 6.73. The van der Waals surface area contributed by atoms with Crippen molar-refractivity contribution in [1.29, 1.82) is 0 Å². The van der Waals surface area contributed by atoms with Gasteiger partial charge in [0.25, 0.3) is 10.0 Å². The third-order valence-electron chi connectivity index (χ3n) is 2.45. The maximum Gasteiger partial charge on any atom is 0.257 e. The summed E-state index contributed by atoms with van der Waals surface area (Å²) >= 11 is 6.05. The van der Waals surface area contributed by atoms with Gasteiger partial charge < -0.3 is 4.98 Å². The van der Waals surface area contributed by atoms with Gasteiger partial charge in [0, 0.05) is 18.3 Å². The number of aryl methyl sites for hydroxylation is 1. The van der Waals surface area contributed by atoms with Gasteiger partial charge in [-0.15, -0.1) is 11.6 Å². The number of nitrogens with zero attached hydrogens (tertiary/aromatic N) is 1. The number of imidazole rings is 1. The van der Waals surface area contributed by atoms with E-state index >= 15 is 0 Å². The minimum absolute atomic E-state index is 0.0905. The van der Waals surface area contributed by atoms with Gasteiger partial charge in [0.15, 0.2) is 5.03 Å². The molecule has 1 heterocycles. The fourth-order valence-corrected chi connectivity index (χ4v) is 3.08. The molecule has 18 heavy (non-hydrogen) atoms. The van der Waals surface area contributed by atoms with Crippen molar-refractivity contribution >= 4 is 21.6 Å². The maximum atomic E-state index is 11.9. The summed E-state index contributed by atoms with van der Waals surface area (Å²) in [5.74, 6) is 1.09. The second-order valence-electron chi connectivity index (χ2n) is 4.63. The van der Waals surface area contributed by atoms with Gasteiger partial charge >= 0.3 is 0 Å². The van der Waals surface area contributed by atoms with Crippen molar-refractivity contribution in [3.63, 3.8) is 0 Å². The molecule has 0 saturated carbocycles. The van der Waals surface area contributed by atoms with Gasteiger partial charge in [-0.25, -0.2) is 18.1 Å². The van der Waals surface area contributed by atoms with Gasteiger partial charge in [0.2, 0.25) is 0 Å². The molecule has 0 fully saturated rings. The van der Waals surface area contributed by atoms with Crippen LogP contribution in [0.3, 0.4) is 0 Å². The van der Waals surface area contributed by atoms with Crippen molar-refractivity contribution in [2.45, 2.75) is 44.0 Å². The molecule has 0 amide bonds. The van der Waals surface area contributed by atoms with E-state index < -0.39 is 10.0 Å². The van der Waals surface area contributed by atoms with E-state index in [0.29, 0.717) is 18.2 Å². The molecule has 0 radical (unpaired) electrons. The largest absolute Gasteiger partial charge is 0.332 e. The Balaban J connectivity index is 2.59. The molecule has 104 valence electrons. The van der Waals surface area contributed by atoms with Crippen LogP contribution in [-0.2, 0) is 16.4 Å². The Bertz CT molecular complexity index is 470. The van der Waals surface area contributed by atoms with Crippen molar-refractivity contribution in [2.24, 2.45) is 5.92 Å². The lowest BCUT2D eigenvalue weighted by atomic mass is 10.1. The summed E-state index contributed by atoms with van der Waals surface area (Å²) in [6, 6.07) is 0. The molecule has 1 aromatic heterocycles. The number of H-pyrrole nitrogens is 1. The molecule has 7 heteroatoms. The first-order valence-corrected chi connectivity index (χ1v) is 7.94. The van der Waals surface area contributed by atoms with Crippen LogP contribution in [-0.4, -0.2) is 30.3 Å². The molecule has 1 rings (SSSR count). The van der Waals surface area contributed by atoms with Crippen molar-refractivity contribution in [1.82, 2.24) is 14.7 Å². The molecule has 0 saturated heterocycles. The van der Waals surface area contributed by atoms with Crippen LogP contribution in [0.2, 0.25) is 0 Å². The molecule has 1 atom stereocenters. The van der Waals surface area contributed by atoms with Crippen LogP contribution in [0.15, 0.2) is 11.2 Å². The highest BCUT2D eigenvalue weighted by molar-refractivity contribution is 7.89. The predicted octanol–water partition coefficient (Wildman–Crippen LogP) is 1.90. The van der Waals surface area contributed by atoms with Crippen molar-refractivity contribution in [3.8, 4) is 0 Å². The third-order valence-corrected chi connectivity index (χ3v) is 4.12. The number of rotatable bonds is 7. The van der Waals surface area contributed by atoms with Crippen molar-refractivity contribution in [2.75, 3.05) is 6.54 Å². The van der Waals surface area contributed by atoms with E-state index in [1.54, 1.807) is 0 Å². The normalized spacial score (nSPS) is 14.1. The highest BCUT2D eigenvalue weighted by atomic mass is 35.5. The Hall–Kier alpha value is -0.590. The van der Waals surface area contributed by atoms with Crippen LogP contribution >= 0.6 is 11.6 Å². The van der Waals surface area contributed by atoms with E-state index in [2.05, 4.69) is 14.7 Å². The summed E-state index contributed by atoms with van der Waals surface area (Å²) in [6.45, 7) is 6.22. The molecule has 2 N–H and O–H groups in total. The minimum Gasteiger partial charge on any atom is -0.332 e. The molecule has 5 nitrogen and oxygen atoms in total. The smallest absolute Gasteiger partial charge is 0.257 e. The molecule has 1 unspecified atom stereocenters. The highest BCUT2D eigenvalue weighted by Crippen LogP contribution is 2.11. The Morgan fingerprint density at radius 1 is 1.50 bits per heavy atom. The molecule has 0 bridgehead atoms. The maximum absolute atomic E-state index is 11.9. The summed E-state index contributed by atoms with van der Waals surface area (Å²) in [5, 5.41) is -0.110. The number of alkyl halides is 1. The first-order chi connectivity index (χ1) is 8.35. The van der Waals surface area contributed by atoms with Crippen molar-refractivity contribution in [3.05, 3.63) is 12.0 Å². The van der Waals surface area contributed by atoms with Gasteiger partial charge in [0.05, 0.1) is 6.20 Å². The Morgan fingerprint density at radius 2 is 2.17 bits per heavy atom. The lowest BCUT2D eigenvalue weighted by Crippen LogP contribution is -2.30. The van der Waals surface area contributed by atoms with Crippen LogP contribution in [0.25, 0.3) is 0 Å². The monoisotopic (exact) mass is 293 g/mol. The zero-order valence-corrected chi connectivity index (χ0v) is 12.5. The number of hydrogen-bond donors (Lipinski definition) is 2. The first-order valence-electron chi connectivity index (χ1n) is 6.02. The van der Waals surface area contributed by atoms with E-state index in [4.69, 9.17) is 11.6 Å². The first kappa shape index (κ1) is 15.5. The zero-order valence-electron chi connectivity index (χ0n) is 10.9. The molecule has 1 aromatic rings. The molecule has 0 aliphatic rings. The fourth-order valence-electron chi connectivity index (χ4n) is 1.53. The Labute approximate surface area is 113 Å². The predicted molar refractivity (Wildman–Crippen MR) is 72.3 cm³/mol. The zero-order chi connectivity index (χ0) is 13.8. The third kappa shape index (κ3) is 4.59. The van der Waals surface area contributed by atoms with Crippen LogP contribution in [0.5, 0.6) is 0 Å². The van der Waals surface area contributed by atoms with E-state index in [-0.39, 0.29) is 16.9 Å². The van der Waals surface area contributed by atoms with Crippen LogP contribution in [0.1, 0.15) is 33.0 Å². The quantitative estimate of drug-likeness (QED) is 0.754. The van der Waals surface area contributed by atoms with Crippen LogP contribution < -0.4 is 4.72 Å². The number of aromatic nitrogens is 2. The van der Waals surface area contributed by atoms with E-state index in [1.807, 2.05) is 20.8 Å². The minimum atomic E-state index is -3.53. The highest BCUT2D eigenvalue weighted by Gasteiger charge is 2.18. The van der Waals surface area contributed by atoms with Crippen molar-refractivity contribution < 1.29 is 8.42 Å². The molecule has 0 aliphatic carbocycles. The summed E-state index contributed by atoms with van der Waals surface area (Å²) in [7, 11) is -3.53. The number of hydrogen-bond acceptors (Lipinski definition) is 3. The topological polar surface area (TPSA) is 74.8 Å². The van der Waals surface area contributed by atoms with Gasteiger partial charge in [-0.1, -0.05) is 20.8 Å². The molecule has 0 aliphatic heterocycles. The lowest BCUT2D eigenvalue weighted by molar-refractivity contribution is 0.543. The summed E-state index contributed by atoms with van der Waals surface area (Å²) in [6.07, 6.45) is 2.76. The summed E-state index contributed by atoms with van der Waals surface area (Å²) in [5.41, 5.74) is 0. The average Bonchev–Trinajstić information content (AvgIpc) is 2.75. The SMILES string of the molecule is CCc1ncc(S(=O)(=O)NCC(Cl)CC(C)C)[nH]1. The van der Waals surface area contributed by atoms with Crippen LogP contribution in [0.4, 0.5) is 0 Å². The second kappa shape index (κ2) is 6.54. The van der Waals surface area contributed by atoms with Gasteiger partial charge in [-0.3, -0.25) is 0 Å². The number of sulfonamides is 1. The van der Waals surface area contributed by atoms with E-state index in [0.717, 1.165) is 6.42 Å².